The van der Waals surface area contributed by atoms with Gasteiger partial charge in [0, 0.05) is 10.9 Å². The van der Waals surface area contributed by atoms with E-state index in [-0.39, 0.29) is 18.3 Å². The van der Waals surface area contributed by atoms with Gasteiger partial charge in [-0.2, -0.15) is 0 Å². The van der Waals surface area contributed by atoms with Crippen LogP contribution in [0, 0.1) is 5.92 Å². The summed E-state index contributed by atoms with van der Waals surface area (Å²) in [6.07, 6.45) is 7.24. The molecule has 0 radical (unpaired) electrons. The van der Waals surface area contributed by atoms with Crippen molar-refractivity contribution in [2.75, 3.05) is 13.1 Å². The lowest BCUT2D eigenvalue weighted by Gasteiger charge is -2.30. The molecule has 3 rings (SSSR count). The molecule has 2 heterocycles. The molecule has 1 aromatic rings. The van der Waals surface area contributed by atoms with E-state index >= 15 is 0 Å². The Balaban J connectivity index is 0.00000161. The van der Waals surface area contributed by atoms with E-state index in [2.05, 4.69) is 23.6 Å². The molecule has 2 unspecified atom stereocenters. The summed E-state index contributed by atoms with van der Waals surface area (Å²) in [5, 5.41) is 6.62. The third-order valence-corrected chi connectivity index (χ3v) is 5.81. The lowest BCUT2D eigenvalue weighted by atomic mass is 9.95. The second-order valence-corrected chi connectivity index (χ2v) is 7.31. The van der Waals surface area contributed by atoms with E-state index in [0.29, 0.717) is 12.0 Å². The van der Waals surface area contributed by atoms with Crippen LogP contribution >= 0.6 is 23.7 Å². The zero-order chi connectivity index (χ0) is 13.9. The quantitative estimate of drug-likeness (QED) is 0.819. The van der Waals surface area contributed by atoms with E-state index in [1.165, 1.54) is 29.7 Å². The van der Waals surface area contributed by atoms with E-state index in [4.69, 9.17) is 0 Å². The van der Waals surface area contributed by atoms with Crippen molar-refractivity contribution < 1.29 is 4.79 Å². The van der Waals surface area contributed by atoms with Gasteiger partial charge in [-0.25, -0.2) is 0 Å². The van der Waals surface area contributed by atoms with Crippen LogP contribution in [0.5, 0.6) is 0 Å². The van der Waals surface area contributed by atoms with Gasteiger partial charge in [0.15, 0.2) is 0 Å². The average Bonchev–Trinajstić information content (AvgIpc) is 2.73. The van der Waals surface area contributed by atoms with Gasteiger partial charge in [0.25, 0.3) is 5.91 Å². The van der Waals surface area contributed by atoms with E-state index < -0.39 is 0 Å². The van der Waals surface area contributed by atoms with Crippen molar-refractivity contribution in [2.24, 2.45) is 5.92 Å². The number of nitrogens with one attached hydrogen (secondary N) is 2. The third-order valence-electron chi connectivity index (χ3n) is 4.57. The summed E-state index contributed by atoms with van der Waals surface area (Å²) in [6.45, 7) is 4.23. The summed E-state index contributed by atoms with van der Waals surface area (Å²) >= 11 is 1.72. The predicted octanol–water partition coefficient (Wildman–Crippen LogP) is 3.17. The van der Waals surface area contributed by atoms with Crippen molar-refractivity contribution in [2.45, 2.75) is 51.5 Å². The number of piperidine rings is 1. The maximum atomic E-state index is 12.4. The van der Waals surface area contributed by atoms with E-state index in [1.54, 1.807) is 11.3 Å². The van der Waals surface area contributed by atoms with Crippen LogP contribution in [0.15, 0.2) is 6.07 Å². The molecule has 0 bridgehead atoms. The number of carbonyl (C=O) groups excluding carboxylic acids is 1. The van der Waals surface area contributed by atoms with Crippen molar-refractivity contribution in [1.29, 1.82) is 0 Å². The molecule has 0 spiro atoms. The Kier molecular flexibility index (Phi) is 6.08. The molecule has 2 aliphatic rings. The van der Waals surface area contributed by atoms with Gasteiger partial charge < -0.3 is 10.6 Å². The zero-order valence-electron chi connectivity index (χ0n) is 12.6. The van der Waals surface area contributed by atoms with Crippen LogP contribution in [0.25, 0.3) is 0 Å². The predicted molar refractivity (Wildman–Crippen MR) is 90.7 cm³/mol. The highest BCUT2D eigenvalue weighted by atomic mass is 35.5. The number of carbonyl (C=O) groups is 1. The minimum absolute atomic E-state index is 0. The Morgan fingerprint density at radius 1 is 1.33 bits per heavy atom. The van der Waals surface area contributed by atoms with Crippen molar-refractivity contribution in [3.8, 4) is 0 Å². The van der Waals surface area contributed by atoms with Crippen LogP contribution < -0.4 is 10.6 Å². The largest absolute Gasteiger partial charge is 0.348 e. The second kappa shape index (κ2) is 7.61. The molecule has 0 aromatic carbocycles. The minimum Gasteiger partial charge on any atom is -0.348 e. The average molecular weight is 329 g/mol. The highest BCUT2D eigenvalue weighted by Gasteiger charge is 2.24. The number of amides is 1. The van der Waals surface area contributed by atoms with Gasteiger partial charge in [0.05, 0.1) is 4.88 Å². The topological polar surface area (TPSA) is 41.1 Å². The van der Waals surface area contributed by atoms with E-state index in [9.17, 15) is 4.79 Å². The number of aryl methyl sites for hydroxylation is 2. The zero-order valence-corrected chi connectivity index (χ0v) is 14.2. The van der Waals surface area contributed by atoms with Crippen molar-refractivity contribution in [3.63, 3.8) is 0 Å². The van der Waals surface area contributed by atoms with Crippen LogP contribution in [-0.4, -0.2) is 25.0 Å². The molecule has 5 heteroatoms. The first-order valence-electron chi connectivity index (χ1n) is 7.87. The van der Waals surface area contributed by atoms with Gasteiger partial charge in [-0.15, -0.1) is 23.7 Å². The highest BCUT2D eigenvalue weighted by molar-refractivity contribution is 7.14. The fraction of sp³-hybridized carbons (Fsp3) is 0.688. The minimum atomic E-state index is 0. The van der Waals surface area contributed by atoms with Crippen LogP contribution in [0.4, 0.5) is 0 Å². The van der Waals surface area contributed by atoms with Crippen LogP contribution in [0.3, 0.4) is 0 Å². The molecule has 2 N–H and O–H groups in total. The molecule has 1 saturated heterocycles. The lowest BCUT2D eigenvalue weighted by Crippen LogP contribution is -2.48. The van der Waals surface area contributed by atoms with Gasteiger partial charge >= 0.3 is 0 Å². The molecule has 2 atom stereocenters. The van der Waals surface area contributed by atoms with Gasteiger partial charge in [-0.05, 0) is 62.7 Å². The molecule has 0 saturated carbocycles. The number of fused-ring (bicyclic) bond motifs is 1. The molecular formula is C16H25ClN2OS. The van der Waals surface area contributed by atoms with E-state index in [1.807, 2.05) is 0 Å². The SMILES string of the molecule is CC1CNCCC1NC(=O)c1cc2c(s1)CCCCC2.Cl. The molecule has 1 aromatic heterocycles. The smallest absolute Gasteiger partial charge is 0.261 e. The van der Waals surface area contributed by atoms with Gasteiger partial charge in [0.1, 0.15) is 0 Å². The highest BCUT2D eigenvalue weighted by Crippen LogP contribution is 2.29. The Hall–Kier alpha value is -0.580. The summed E-state index contributed by atoms with van der Waals surface area (Å²) < 4.78 is 0. The summed E-state index contributed by atoms with van der Waals surface area (Å²) in [5.41, 5.74) is 1.43. The normalized spacial score (nSPS) is 25.4. The van der Waals surface area contributed by atoms with Crippen molar-refractivity contribution in [3.05, 3.63) is 21.4 Å². The Labute approximate surface area is 137 Å². The fourth-order valence-electron chi connectivity index (χ4n) is 3.25. The fourth-order valence-corrected chi connectivity index (χ4v) is 4.40. The molecular weight excluding hydrogens is 304 g/mol. The molecule has 1 aliphatic heterocycles. The number of thiophene rings is 1. The van der Waals surface area contributed by atoms with Gasteiger partial charge in [-0.1, -0.05) is 13.3 Å². The summed E-state index contributed by atoms with van der Waals surface area (Å²) in [5.74, 6) is 0.660. The molecule has 21 heavy (non-hydrogen) atoms. The number of halogens is 1. The summed E-state index contributed by atoms with van der Waals surface area (Å²) in [4.78, 5) is 14.8. The van der Waals surface area contributed by atoms with E-state index in [0.717, 1.165) is 37.2 Å². The molecule has 1 aliphatic carbocycles. The van der Waals surface area contributed by atoms with Crippen LogP contribution in [0.2, 0.25) is 0 Å². The standard InChI is InChI=1S/C16H24N2OS.ClH/c1-11-10-17-8-7-13(11)18-16(19)15-9-12-5-3-2-4-6-14(12)20-15;/h9,11,13,17H,2-8,10H2,1H3,(H,18,19);1H. The first kappa shape index (κ1) is 16.8. The van der Waals surface area contributed by atoms with Crippen molar-refractivity contribution in [1.82, 2.24) is 10.6 Å². The maximum Gasteiger partial charge on any atom is 0.261 e. The van der Waals surface area contributed by atoms with Crippen LogP contribution in [-0.2, 0) is 12.8 Å². The van der Waals surface area contributed by atoms with Crippen molar-refractivity contribution >= 4 is 29.7 Å². The number of hydrogen-bond acceptors (Lipinski definition) is 3. The maximum absolute atomic E-state index is 12.4. The molecule has 1 fully saturated rings. The first-order valence-corrected chi connectivity index (χ1v) is 8.69. The van der Waals surface area contributed by atoms with Crippen LogP contribution in [0.1, 0.15) is 52.7 Å². The Morgan fingerprint density at radius 2 is 2.14 bits per heavy atom. The second-order valence-electron chi connectivity index (χ2n) is 6.17. The molecule has 1 amide bonds. The lowest BCUT2D eigenvalue weighted by molar-refractivity contribution is 0.0918. The Morgan fingerprint density at radius 3 is 2.95 bits per heavy atom. The number of hydrogen-bond donors (Lipinski definition) is 2. The first-order chi connectivity index (χ1) is 9.74. The number of rotatable bonds is 2. The summed E-state index contributed by atoms with van der Waals surface area (Å²) in [7, 11) is 0. The summed E-state index contributed by atoms with van der Waals surface area (Å²) in [6, 6.07) is 2.47. The molecule has 3 nitrogen and oxygen atoms in total. The third kappa shape index (κ3) is 3.99. The monoisotopic (exact) mass is 328 g/mol. The van der Waals surface area contributed by atoms with Gasteiger partial charge in [-0.3, -0.25) is 4.79 Å². The molecule has 118 valence electrons. The van der Waals surface area contributed by atoms with Gasteiger partial charge in [0.2, 0.25) is 0 Å². The Bertz CT molecular complexity index is 465.